The van der Waals surface area contributed by atoms with Crippen LogP contribution in [0.2, 0.25) is 0 Å². The van der Waals surface area contributed by atoms with Crippen molar-refractivity contribution in [3.05, 3.63) is 66.0 Å². The van der Waals surface area contributed by atoms with Crippen LogP contribution in [0.1, 0.15) is 15.9 Å². The Labute approximate surface area is 116 Å². The van der Waals surface area contributed by atoms with Gasteiger partial charge in [-0.05, 0) is 23.8 Å². The lowest BCUT2D eigenvalue weighted by molar-refractivity contribution is 0.0509. The zero-order chi connectivity index (χ0) is 13.8. The molecule has 3 aromatic rings. The molecule has 0 atom stereocenters. The molecule has 0 radical (unpaired) electrons. The van der Waals surface area contributed by atoms with E-state index in [1.165, 1.54) is 0 Å². The number of benzene rings is 2. The number of nitrogens with zero attached hydrogens (tertiary/aromatic N) is 1. The Morgan fingerprint density at radius 3 is 2.85 bits per heavy atom. The van der Waals surface area contributed by atoms with E-state index in [2.05, 4.69) is 9.97 Å². The van der Waals surface area contributed by atoms with Crippen LogP contribution in [-0.4, -0.2) is 22.5 Å². The second-order valence-corrected chi connectivity index (χ2v) is 4.51. The Kier molecular flexibility index (Phi) is 3.46. The Hall–Kier alpha value is -2.62. The highest BCUT2D eigenvalue weighted by molar-refractivity contribution is 5.93. The van der Waals surface area contributed by atoms with E-state index in [0.29, 0.717) is 12.2 Å². The average Bonchev–Trinajstić information content (AvgIpc) is 2.95. The predicted molar refractivity (Wildman–Crippen MR) is 76.5 cm³/mol. The molecule has 100 valence electrons. The van der Waals surface area contributed by atoms with Gasteiger partial charge in [-0.2, -0.15) is 0 Å². The third-order valence-corrected chi connectivity index (χ3v) is 3.12. The van der Waals surface area contributed by atoms with E-state index in [0.717, 1.165) is 23.0 Å². The molecule has 0 unspecified atom stereocenters. The maximum absolute atomic E-state index is 11.9. The van der Waals surface area contributed by atoms with Gasteiger partial charge in [0.1, 0.15) is 0 Å². The molecule has 1 N–H and O–H groups in total. The molecule has 1 heterocycles. The van der Waals surface area contributed by atoms with Crippen molar-refractivity contribution in [2.75, 3.05) is 6.61 Å². The van der Waals surface area contributed by atoms with Crippen molar-refractivity contribution in [3.8, 4) is 0 Å². The number of hydrogen-bond acceptors (Lipinski definition) is 3. The molecule has 0 spiro atoms. The minimum absolute atomic E-state index is 0.308. The van der Waals surface area contributed by atoms with Crippen molar-refractivity contribution in [1.29, 1.82) is 0 Å². The largest absolute Gasteiger partial charge is 0.462 e. The number of H-pyrrole nitrogens is 1. The normalized spacial score (nSPS) is 10.6. The highest BCUT2D eigenvalue weighted by Gasteiger charge is 2.08. The van der Waals surface area contributed by atoms with Gasteiger partial charge < -0.3 is 9.72 Å². The van der Waals surface area contributed by atoms with Gasteiger partial charge in [-0.25, -0.2) is 9.78 Å². The van der Waals surface area contributed by atoms with Crippen molar-refractivity contribution in [3.63, 3.8) is 0 Å². The molecule has 0 saturated heterocycles. The lowest BCUT2D eigenvalue weighted by Gasteiger charge is -2.05. The molecule has 0 bridgehead atoms. The van der Waals surface area contributed by atoms with Crippen LogP contribution in [-0.2, 0) is 11.2 Å². The van der Waals surface area contributed by atoms with Crippen LogP contribution in [0.4, 0.5) is 0 Å². The van der Waals surface area contributed by atoms with E-state index >= 15 is 0 Å². The van der Waals surface area contributed by atoms with E-state index in [-0.39, 0.29) is 5.97 Å². The van der Waals surface area contributed by atoms with Crippen LogP contribution >= 0.6 is 0 Å². The molecule has 4 heteroatoms. The zero-order valence-corrected chi connectivity index (χ0v) is 10.9. The molecule has 0 aliphatic rings. The van der Waals surface area contributed by atoms with E-state index < -0.39 is 0 Å². The Morgan fingerprint density at radius 1 is 1.15 bits per heavy atom. The summed E-state index contributed by atoms with van der Waals surface area (Å²) in [6.07, 6.45) is 2.33. The van der Waals surface area contributed by atoms with Gasteiger partial charge in [0.05, 0.1) is 29.5 Å². The molecule has 0 aliphatic carbocycles. The van der Waals surface area contributed by atoms with Crippen LogP contribution in [0.3, 0.4) is 0 Å². The molecule has 0 fully saturated rings. The number of nitrogens with one attached hydrogen (secondary N) is 1. The van der Waals surface area contributed by atoms with Gasteiger partial charge in [-0.3, -0.25) is 0 Å². The summed E-state index contributed by atoms with van der Waals surface area (Å²) < 4.78 is 5.28. The van der Waals surface area contributed by atoms with Crippen molar-refractivity contribution in [1.82, 2.24) is 9.97 Å². The summed E-state index contributed by atoms with van der Waals surface area (Å²) in [7, 11) is 0. The quantitative estimate of drug-likeness (QED) is 0.739. The fraction of sp³-hybridized carbons (Fsp3) is 0.125. The first-order chi connectivity index (χ1) is 9.83. The number of carbonyl (C=O) groups is 1. The summed E-state index contributed by atoms with van der Waals surface area (Å²) >= 11 is 0. The standard InChI is InChI=1S/C16H14N2O2/c19-16(20-9-8-12-4-2-1-3-5-12)13-6-7-14-15(10-13)18-11-17-14/h1-7,10-11H,8-9H2,(H,17,18). The first-order valence-corrected chi connectivity index (χ1v) is 6.47. The zero-order valence-electron chi connectivity index (χ0n) is 10.9. The number of aromatic amines is 1. The topological polar surface area (TPSA) is 55.0 Å². The lowest BCUT2D eigenvalue weighted by atomic mass is 10.2. The van der Waals surface area contributed by atoms with Crippen molar-refractivity contribution < 1.29 is 9.53 Å². The number of rotatable bonds is 4. The Balaban J connectivity index is 1.61. The molecule has 2 aromatic carbocycles. The molecule has 0 saturated carbocycles. The van der Waals surface area contributed by atoms with Gasteiger partial charge in [0.2, 0.25) is 0 Å². The maximum atomic E-state index is 11.9. The van der Waals surface area contributed by atoms with Crippen molar-refractivity contribution in [2.45, 2.75) is 6.42 Å². The van der Waals surface area contributed by atoms with E-state index in [1.807, 2.05) is 30.3 Å². The number of aromatic nitrogens is 2. The van der Waals surface area contributed by atoms with Gasteiger partial charge >= 0.3 is 5.97 Å². The number of esters is 1. The third kappa shape index (κ3) is 2.69. The smallest absolute Gasteiger partial charge is 0.338 e. The molecule has 3 rings (SSSR count). The highest BCUT2D eigenvalue weighted by Crippen LogP contribution is 2.12. The van der Waals surface area contributed by atoms with E-state index in [9.17, 15) is 4.79 Å². The van der Waals surface area contributed by atoms with Crippen LogP contribution < -0.4 is 0 Å². The van der Waals surface area contributed by atoms with Crippen LogP contribution in [0.15, 0.2) is 54.9 Å². The van der Waals surface area contributed by atoms with Gasteiger partial charge in [0.15, 0.2) is 0 Å². The summed E-state index contributed by atoms with van der Waals surface area (Å²) in [4.78, 5) is 19.0. The molecule has 0 amide bonds. The summed E-state index contributed by atoms with van der Waals surface area (Å²) in [5, 5.41) is 0. The Morgan fingerprint density at radius 2 is 2.00 bits per heavy atom. The van der Waals surface area contributed by atoms with Crippen LogP contribution in [0.25, 0.3) is 11.0 Å². The summed E-state index contributed by atoms with van der Waals surface area (Å²) in [6, 6.07) is 15.2. The van der Waals surface area contributed by atoms with Crippen LogP contribution in [0, 0.1) is 0 Å². The molecule has 0 aliphatic heterocycles. The summed E-state index contributed by atoms with van der Waals surface area (Å²) in [5.41, 5.74) is 3.37. The fourth-order valence-electron chi connectivity index (χ4n) is 2.05. The maximum Gasteiger partial charge on any atom is 0.338 e. The fourth-order valence-corrected chi connectivity index (χ4v) is 2.05. The minimum atomic E-state index is -0.308. The molecular formula is C16H14N2O2. The monoisotopic (exact) mass is 266 g/mol. The lowest BCUT2D eigenvalue weighted by Crippen LogP contribution is -2.08. The van der Waals surface area contributed by atoms with E-state index in [4.69, 9.17) is 4.74 Å². The SMILES string of the molecule is O=C(OCCc1ccccc1)c1ccc2nc[nH]c2c1. The van der Waals surface area contributed by atoms with Crippen molar-refractivity contribution >= 4 is 17.0 Å². The second kappa shape index (κ2) is 5.57. The van der Waals surface area contributed by atoms with Gasteiger partial charge in [-0.1, -0.05) is 30.3 Å². The average molecular weight is 266 g/mol. The van der Waals surface area contributed by atoms with Gasteiger partial charge in [0, 0.05) is 6.42 Å². The van der Waals surface area contributed by atoms with Gasteiger partial charge in [0.25, 0.3) is 0 Å². The molecule has 4 nitrogen and oxygen atoms in total. The van der Waals surface area contributed by atoms with E-state index in [1.54, 1.807) is 24.5 Å². The number of hydrogen-bond donors (Lipinski definition) is 1. The first kappa shape index (κ1) is 12.4. The first-order valence-electron chi connectivity index (χ1n) is 6.47. The summed E-state index contributed by atoms with van der Waals surface area (Å²) in [5.74, 6) is -0.308. The van der Waals surface area contributed by atoms with Crippen LogP contribution in [0.5, 0.6) is 0 Å². The molecule has 1 aromatic heterocycles. The number of imidazole rings is 1. The molecular weight excluding hydrogens is 252 g/mol. The molecule has 20 heavy (non-hydrogen) atoms. The Bertz CT molecular complexity index is 719. The number of ether oxygens (including phenoxy) is 1. The number of fused-ring (bicyclic) bond motifs is 1. The van der Waals surface area contributed by atoms with Crippen molar-refractivity contribution in [2.24, 2.45) is 0 Å². The second-order valence-electron chi connectivity index (χ2n) is 4.51. The highest BCUT2D eigenvalue weighted by atomic mass is 16.5. The minimum Gasteiger partial charge on any atom is -0.462 e. The van der Waals surface area contributed by atoms with Gasteiger partial charge in [-0.15, -0.1) is 0 Å². The predicted octanol–water partition coefficient (Wildman–Crippen LogP) is 2.96. The third-order valence-electron chi connectivity index (χ3n) is 3.12. The number of carbonyl (C=O) groups excluding carboxylic acids is 1. The summed E-state index contributed by atoms with van der Waals surface area (Å²) in [6.45, 7) is 0.379.